The Labute approximate surface area is 221 Å². The molecule has 2 amide bonds. The molecule has 2 aliphatic rings. The largest absolute Gasteiger partial charge is 0.338 e. The molecule has 0 radical (unpaired) electrons. The van der Waals surface area contributed by atoms with Gasteiger partial charge in [0.25, 0.3) is 5.91 Å². The highest BCUT2D eigenvalue weighted by Crippen LogP contribution is 2.36. The lowest BCUT2D eigenvalue weighted by Gasteiger charge is -2.33. The molecule has 1 aromatic carbocycles. The number of thiocarbonyl (C=S) groups is 1. The zero-order chi connectivity index (χ0) is 25.2. The van der Waals surface area contributed by atoms with Crippen LogP contribution in [0.1, 0.15) is 49.8 Å². The molecule has 5 rings (SSSR count). The van der Waals surface area contributed by atoms with E-state index in [9.17, 15) is 9.59 Å². The molecule has 2 saturated heterocycles. The number of carbonyl (C=O) groups is 2. The van der Waals surface area contributed by atoms with Crippen LogP contribution in [0.2, 0.25) is 0 Å². The minimum atomic E-state index is -0.0976. The van der Waals surface area contributed by atoms with Crippen LogP contribution in [0.4, 0.5) is 0 Å². The number of aromatic nitrogens is 2. The summed E-state index contributed by atoms with van der Waals surface area (Å²) in [6.45, 7) is 5.80. The van der Waals surface area contributed by atoms with E-state index in [2.05, 4.69) is 35.5 Å². The molecule has 0 saturated carbocycles. The van der Waals surface area contributed by atoms with E-state index in [1.54, 1.807) is 17.3 Å². The van der Waals surface area contributed by atoms with Gasteiger partial charge < -0.3 is 9.47 Å². The zero-order valence-electron chi connectivity index (χ0n) is 20.6. The van der Waals surface area contributed by atoms with Crippen LogP contribution in [0.3, 0.4) is 0 Å². The van der Waals surface area contributed by atoms with Crippen molar-refractivity contribution in [3.63, 3.8) is 0 Å². The quantitative estimate of drug-likeness (QED) is 0.323. The van der Waals surface area contributed by atoms with Gasteiger partial charge in [-0.25, -0.2) is 0 Å². The molecule has 1 atom stereocenters. The first-order valence-electron chi connectivity index (χ1n) is 12.5. The number of aryl methyl sites for hydroxylation is 1. The molecular weight excluding hydrogens is 488 g/mol. The molecule has 0 N–H and O–H groups in total. The SMILES string of the molecule is CCc1cccc2c(/C=C3\SC(=S)N(Cc4cccnc4)C3=O)cn(CC(=O)N3CCCC[C@@H]3C)c12. The van der Waals surface area contributed by atoms with Crippen LogP contribution in [0.25, 0.3) is 17.0 Å². The van der Waals surface area contributed by atoms with Gasteiger partial charge in [-0.15, -0.1) is 0 Å². The Morgan fingerprint density at radius 2 is 2.11 bits per heavy atom. The van der Waals surface area contributed by atoms with E-state index < -0.39 is 0 Å². The summed E-state index contributed by atoms with van der Waals surface area (Å²) in [6.07, 6.45) is 11.6. The molecule has 8 heteroatoms. The molecular formula is C28H30N4O2S2. The maximum Gasteiger partial charge on any atom is 0.266 e. The van der Waals surface area contributed by atoms with Crippen molar-refractivity contribution in [2.75, 3.05) is 6.54 Å². The van der Waals surface area contributed by atoms with Gasteiger partial charge in [-0.2, -0.15) is 0 Å². The first-order valence-corrected chi connectivity index (χ1v) is 13.7. The number of nitrogens with zero attached hydrogens (tertiary/aromatic N) is 4. The fraction of sp³-hybridized carbons (Fsp3) is 0.357. The number of thioether (sulfide) groups is 1. The maximum absolute atomic E-state index is 13.3. The van der Waals surface area contributed by atoms with Gasteiger partial charge in [-0.1, -0.05) is 55.2 Å². The number of hydrogen-bond donors (Lipinski definition) is 0. The highest BCUT2D eigenvalue weighted by atomic mass is 32.2. The summed E-state index contributed by atoms with van der Waals surface area (Å²) in [5, 5.41) is 1.05. The molecule has 2 fully saturated rings. The highest BCUT2D eigenvalue weighted by Gasteiger charge is 2.32. The fourth-order valence-electron chi connectivity index (χ4n) is 5.15. The van der Waals surface area contributed by atoms with Crippen LogP contribution in [0, 0.1) is 0 Å². The lowest BCUT2D eigenvalue weighted by molar-refractivity contribution is -0.135. The van der Waals surface area contributed by atoms with Crippen molar-refractivity contribution in [3.8, 4) is 0 Å². The second-order valence-corrected chi connectivity index (χ2v) is 11.1. The van der Waals surface area contributed by atoms with Crippen LogP contribution in [-0.4, -0.2) is 48.1 Å². The first-order chi connectivity index (χ1) is 17.5. The summed E-state index contributed by atoms with van der Waals surface area (Å²) in [7, 11) is 0. The number of rotatable bonds is 6. The van der Waals surface area contributed by atoms with Crippen molar-refractivity contribution in [1.29, 1.82) is 0 Å². The van der Waals surface area contributed by atoms with E-state index in [4.69, 9.17) is 12.2 Å². The van der Waals surface area contributed by atoms with E-state index in [0.717, 1.165) is 47.8 Å². The lowest BCUT2D eigenvalue weighted by Crippen LogP contribution is -2.43. The van der Waals surface area contributed by atoms with Crippen molar-refractivity contribution in [1.82, 2.24) is 19.4 Å². The third kappa shape index (κ3) is 4.84. The van der Waals surface area contributed by atoms with Gasteiger partial charge in [0.2, 0.25) is 5.91 Å². The average Bonchev–Trinajstić information content (AvgIpc) is 3.36. The second kappa shape index (κ2) is 10.6. The van der Waals surface area contributed by atoms with E-state index in [1.807, 2.05) is 35.4 Å². The van der Waals surface area contributed by atoms with E-state index >= 15 is 0 Å². The number of para-hydroxylation sites is 1. The van der Waals surface area contributed by atoms with E-state index in [0.29, 0.717) is 22.3 Å². The van der Waals surface area contributed by atoms with Crippen LogP contribution >= 0.6 is 24.0 Å². The van der Waals surface area contributed by atoms with E-state index in [1.165, 1.54) is 23.7 Å². The summed E-state index contributed by atoms with van der Waals surface area (Å²) in [6, 6.07) is 10.3. The third-order valence-corrected chi connectivity index (χ3v) is 8.42. The van der Waals surface area contributed by atoms with Crippen LogP contribution in [0.15, 0.2) is 53.8 Å². The topological polar surface area (TPSA) is 58.4 Å². The standard InChI is InChI=1S/C28H30N4O2S2/c1-3-21-10-6-11-23-22(17-30(26(21)23)18-25(33)31-13-5-4-8-19(31)2)14-24-27(34)32(28(35)36-24)16-20-9-7-12-29-15-20/h6-7,9-12,14-15,17,19H,3-5,8,13,16,18H2,1-2H3/b24-14-/t19-/m0/s1. The van der Waals surface area contributed by atoms with Gasteiger partial charge in [-0.3, -0.25) is 19.5 Å². The summed E-state index contributed by atoms with van der Waals surface area (Å²) in [5.41, 5.74) is 4.12. The Morgan fingerprint density at radius 3 is 2.86 bits per heavy atom. The molecule has 6 nitrogen and oxygen atoms in total. The highest BCUT2D eigenvalue weighted by molar-refractivity contribution is 8.26. The molecule has 2 aliphatic heterocycles. The normalized spacial score (nSPS) is 19.6. The molecule has 0 unspecified atom stereocenters. The number of hydrogen-bond acceptors (Lipinski definition) is 5. The Morgan fingerprint density at radius 1 is 1.25 bits per heavy atom. The van der Waals surface area contributed by atoms with Crippen LogP contribution in [-0.2, 0) is 29.1 Å². The van der Waals surface area contributed by atoms with Gasteiger partial charge in [0.1, 0.15) is 10.9 Å². The smallest absolute Gasteiger partial charge is 0.266 e. The zero-order valence-corrected chi connectivity index (χ0v) is 22.3. The van der Waals surface area contributed by atoms with Crippen molar-refractivity contribution in [3.05, 3.63) is 70.5 Å². The summed E-state index contributed by atoms with van der Waals surface area (Å²) < 4.78 is 2.61. The fourth-order valence-corrected chi connectivity index (χ4v) is 6.39. The van der Waals surface area contributed by atoms with Gasteiger partial charge in [-0.05, 0) is 55.9 Å². The molecule has 3 aromatic rings. The van der Waals surface area contributed by atoms with Crippen molar-refractivity contribution in [2.24, 2.45) is 0 Å². The molecule has 2 aromatic heterocycles. The Hall–Kier alpha value is -2.97. The minimum Gasteiger partial charge on any atom is -0.338 e. The Kier molecular flexibility index (Phi) is 7.25. The molecule has 4 heterocycles. The van der Waals surface area contributed by atoms with Crippen LogP contribution in [0.5, 0.6) is 0 Å². The minimum absolute atomic E-state index is 0.0976. The average molecular weight is 519 g/mol. The number of amides is 2. The molecule has 0 aliphatic carbocycles. The lowest BCUT2D eigenvalue weighted by atomic mass is 10.0. The van der Waals surface area contributed by atoms with Crippen LogP contribution < -0.4 is 0 Å². The maximum atomic E-state index is 13.3. The van der Waals surface area contributed by atoms with Gasteiger partial charge >= 0.3 is 0 Å². The molecule has 36 heavy (non-hydrogen) atoms. The number of piperidine rings is 1. The summed E-state index contributed by atoms with van der Waals surface area (Å²) >= 11 is 6.87. The molecule has 186 valence electrons. The number of fused-ring (bicyclic) bond motifs is 1. The number of benzene rings is 1. The predicted molar refractivity (Wildman–Crippen MR) is 149 cm³/mol. The monoisotopic (exact) mass is 518 g/mol. The number of likely N-dealkylation sites (tertiary alicyclic amines) is 1. The molecule has 0 bridgehead atoms. The predicted octanol–water partition coefficient (Wildman–Crippen LogP) is 5.40. The van der Waals surface area contributed by atoms with Crippen molar-refractivity contribution >= 4 is 57.1 Å². The number of carbonyl (C=O) groups excluding carboxylic acids is 2. The van der Waals surface area contributed by atoms with Gasteiger partial charge in [0.05, 0.1) is 17.0 Å². The number of pyridine rings is 1. The van der Waals surface area contributed by atoms with Gasteiger partial charge in [0, 0.05) is 42.1 Å². The Balaban J connectivity index is 1.47. The molecule has 0 spiro atoms. The van der Waals surface area contributed by atoms with Crippen molar-refractivity contribution < 1.29 is 9.59 Å². The van der Waals surface area contributed by atoms with E-state index in [-0.39, 0.29) is 17.9 Å². The second-order valence-electron chi connectivity index (χ2n) is 9.44. The third-order valence-electron chi connectivity index (χ3n) is 7.05. The Bertz CT molecular complexity index is 1350. The van der Waals surface area contributed by atoms with Gasteiger partial charge in [0.15, 0.2) is 0 Å². The summed E-state index contributed by atoms with van der Waals surface area (Å²) in [4.78, 5) is 34.9. The summed E-state index contributed by atoms with van der Waals surface area (Å²) in [5.74, 6) is 0.0546. The van der Waals surface area contributed by atoms with Crippen molar-refractivity contribution in [2.45, 2.75) is 58.7 Å². The first kappa shape index (κ1) is 24.7.